The van der Waals surface area contributed by atoms with Crippen LogP contribution in [0.1, 0.15) is 28.4 Å². The Morgan fingerprint density at radius 3 is 2.57 bits per heavy atom. The van der Waals surface area contributed by atoms with Crippen LogP contribution < -0.4 is 0 Å². The molecular formula is C23H19F3N4. The van der Waals surface area contributed by atoms with Gasteiger partial charge in [0.2, 0.25) is 0 Å². The molecule has 0 saturated heterocycles. The van der Waals surface area contributed by atoms with Crippen LogP contribution in [0.2, 0.25) is 0 Å². The van der Waals surface area contributed by atoms with Crippen LogP contribution >= 0.6 is 0 Å². The van der Waals surface area contributed by atoms with Gasteiger partial charge in [0.05, 0.1) is 11.7 Å². The average Bonchev–Trinajstić information content (AvgIpc) is 2.74. The molecule has 0 amide bonds. The average molecular weight is 408 g/mol. The third-order valence-electron chi connectivity index (χ3n) is 4.89. The zero-order chi connectivity index (χ0) is 21.1. The van der Waals surface area contributed by atoms with Gasteiger partial charge in [-0.2, -0.15) is 13.2 Å². The number of halogens is 3. The molecule has 3 heterocycles. The number of aryl methyl sites for hydroxylation is 1. The maximum atomic E-state index is 13.0. The van der Waals surface area contributed by atoms with E-state index in [4.69, 9.17) is 0 Å². The van der Waals surface area contributed by atoms with Gasteiger partial charge in [-0.1, -0.05) is 36.4 Å². The molecule has 7 heteroatoms. The summed E-state index contributed by atoms with van der Waals surface area (Å²) in [5.74, 6) is 0. The summed E-state index contributed by atoms with van der Waals surface area (Å²) in [6, 6.07) is 14.6. The Balaban J connectivity index is 1.58. The Kier molecular flexibility index (Phi) is 5.35. The fourth-order valence-electron chi connectivity index (χ4n) is 3.48. The summed E-state index contributed by atoms with van der Waals surface area (Å²) >= 11 is 0. The second-order valence-electron chi connectivity index (χ2n) is 7.06. The summed E-state index contributed by atoms with van der Waals surface area (Å²) in [5.41, 5.74) is 2.88. The first-order chi connectivity index (χ1) is 14.4. The van der Waals surface area contributed by atoms with Gasteiger partial charge in [0.1, 0.15) is 5.69 Å². The van der Waals surface area contributed by atoms with Crippen LogP contribution in [0.15, 0.2) is 78.3 Å². The summed E-state index contributed by atoms with van der Waals surface area (Å²) in [6.07, 6.45) is 3.94. The molecule has 1 aliphatic rings. The lowest BCUT2D eigenvalue weighted by Crippen LogP contribution is -2.26. The molecule has 1 atom stereocenters. The molecule has 0 aliphatic carbocycles. The maximum absolute atomic E-state index is 13.0. The minimum Gasteiger partial charge on any atom is -0.360 e. The Labute approximate surface area is 172 Å². The highest BCUT2D eigenvalue weighted by Gasteiger charge is 2.32. The van der Waals surface area contributed by atoms with Gasteiger partial charge in [-0.15, -0.1) is 0 Å². The third-order valence-corrected chi connectivity index (χ3v) is 4.89. The van der Waals surface area contributed by atoms with Crippen molar-refractivity contribution >= 4 is 6.21 Å². The van der Waals surface area contributed by atoms with Gasteiger partial charge in [0.25, 0.3) is 0 Å². The van der Waals surface area contributed by atoms with E-state index >= 15 is 0 Å². The van der Waals surface area contributed by atoms with E-state index in [0.29, 0.717) is 17.8 Å². The van der Waals surface area contributed by atoms with Crippen LogP contribution in [-0.2, 0) is 12.7 Å². The van der Waals surface area contributed by atoms with Crippen molar-refractivity contribution in [3.05, 3.63) is 95.7 Å². The predicted molar refractivity (Wildman–Crippen MR) is 110 cm³/mol. The van der Waals surface area contributed by atoms with E-state index in [-0.39, 0.29) is 6.04 Å². The molecule has 4 nitrogen and oxygen atoms in total. The monoisotopic (exact) mass is 408 g/mol. The summed E-state index contributed by atoms with van der Waals surface area (Å²) in [7, 11) is 0. The first-order valence-electron chi connectivity index (χ1n) is 9.41. The molecule has 0 spiro atoms. The lowest BCUT2D eigenvalue weighted by molar-refractivity contribution is -0.141. The van der Waals surface area contributed by atoms with E-state index in [2.05, 4.69) is 32.0 Å². The van der Waals surface area contributed by atoms with E-state index < -0.39 is 11.9 Å². The predicted octanol–water partition coefficient (Wildman–Crippen LogP) is 5.57. The topological polar surface area (TPSA) is 41.4 Å². The molecule has 3 aromatic rings. The van der Waals surface area contributed by atoms with Crippen LogP contribution in [0, 0.1) is 6.92 Å². The second-order valence-corrected chi connectivity index (χ2v) is 7.06. The third kappa shape index (κ3) is 4.25. The number of alkyl halides is 3. The quantitative estimate of drug-likeness (QED) is 0.567. The van der Waals surface area contributed by atoms with E-state index in [0.717, 1.165) is 29.0 Å². The number of aliphatic imine (C=N–C) groups is 1. The highest BCUT2D eigenvalue weighted by molar-refractivity contribution is 5.69. The van der Waals surface area contributed by atoms with Crippen molar-refractivity contribution < 1.29 is 13.2 Å². The molecule has 1 unspecified atom stereocenters. The zero-order valence-corrected chi connectivity index (χ0v) is 16.2. The highest BCUT2D eigenvalue weighted by Crippen LogP contribution is 2.31. The number of nitrogens with zero attached hydrogens (tertiary/aromatic N) is 4. The van der Waals surface area contributed by atoms with E-state index in [1.54, 1.807) is 18.5 Å². The fraction of sp³-hybridized carbons (Fsp3) is 0.174. The van der Waals surface area contributed by atoms with Crippen molar-refractivity contribution in [2.45, 2.75) is 25.7 Å². The Bertz CT molecular complexity index is 1090. The van der Waals surface area contributed by atoms with Crippen molar-refractivity contribution in [3.63, 3.8) is 0 Å². The van der Waals surface area contributed by atoms with Gasteiger partial charge in [0, 0.05) is 43.1 Å². The Hall–Kier alpha value is -3.48. The molecule has 4 rings (SSSR count). The van der Waals surface area contributed by atoms with Crippen LogP contribution in [0.5, 0.6) is 0 Å². The van der Waals surface area contributed by atoms with Gasteiger partial charge in [-0.3, -0.25) is 15.0 Å². The number of rotatable bonds is 4. The van der Waals surface area contributed by atoms with Crippen molar-refractivity contribution in [1.29, 1.82) is 0 Å². The van der Waals surface area contributed by atoms with Crippen LogP contribution in [-0.4, -0.2) is 21.1 Å². The lowest BCUT2D eigenvalue weighted by atomic mass is 10.0. The SMILES string of the molecule is Cc1cc(CN2C=CN=CC2c2ccccc2)cnc1-c1ccnc(C(F)(F)F)c1. The summed E-state index contributed by atoms with van der Waals surface area (Å²) < 4.78 is 38.9. The van der Waals surface area contributed by atoms with Crippen molar-refractivity contribution in [2.24, 2.45) is 4.99 Å². The molecule has 152 valence electrons. The smallest absolute Gasteiger partial charge is 0.360 e. The molecular weight excluding hydrogens is 389 g/mol. The summed E-state index contributed by atoms with van der Waals surface area (Å²) in [5, 5.41) is 0. The minimum atomic E-state index is -4.49. The molecule has 0 fully saturated rings. The molecule has 0 radical (unpaired) electrons. The Morgan fingerprint density at radius 2 is 1.83 bits per heavy atom. The number of hydrogen-bond acceptors (Lipinski definition) is 4. The Morgan fingerprint density at radius 1 is 1.03 bits per heavy atom. The van der Waals surface area contributed by atoms with Crippen molar-refractivity contribution in [2.75, 3.05) is 0 Å². The number of pyridine rings is 2. The van der Waals surface area contributed by atoms with Gasteiger partial charge < -0.3 is 4.90 Å². The van der Waals surface area contributed by atoms with E-state index in [1.807, 2.05) is 43.6 Å². The summed E-state index contributed by atoms with van der Waals surface area (Å²) in [6.45, 7) is 2.45. The largest absolute Gasteiger partial charge is 0.433 e. The second kappa shape index (κ2) is 8.10. The van der Waals surface area contributed by atoms with E-state index in [1.165, 1.54) is 0 Å². The number of hydrogen-bond donors (Lipinski definition) is 0. The normalized spacial score (nSPS) is 16.1. The molecule has 1 aliphatic heterocycles. The van der Waals surface area contributed by atoms with Gasteiger partial charge in [-0.05, 0) is 35.7 Å². The van der Waals surface area contributed by atoms with Gasteiger partial charge in [0.15, 0.2) is 0 Å². The summed E-state index contributed by atoms with van der Waals surface area (Å²) in [4.78, 5) is 14.3. The molecule has 0 bridgehead atoms. The zero-order valence-electron chi connectivity index (χ0n) is 16.2. The standard InChI is InChI=1S/C23H19F3N4/c1-16-11-17(13-29-22(16)19-7-8-28-21(12-19)23(24,25)26)15-30-10-9-27-14-20(30)18-5-3-2-4-6-18/h2-14,20H,15H2,1H3. The van der Waals surface area contributed by atoms with Crippen LogP contribution in [0.25, 0.3) is 11.3 Å². The molecule has 0 saturated carbocycles. The molecule has 0 N–H and O–H groups in total. The molecule has 1 aromatic carbocycles. The maximum Gasteiger partial charge on any atom is 0.433 e. The van der Waals surface area contributed by atoms with Gasteiger partial charge >= 0.3 is 6.18 Å². The van der Waals surface area contributed by atoms with Crippen LogP contribution in [0.4, 0.5) is 13.2 Å². The van der Waals surface area contributed by atoms with Gasteiger partial charge in [-0.25, -0.2) is 0 Å². The van der Waals surface area contributed by atoms with E-state index in [9.17, 15) is 13.2 Å². The molecule has 30 heavy (non-hydrogen) atoms. The first kappa shape index (κ1) is 19.8. The van der Waals surface area contributed by atoms with Crippen LogP contribution in [0.3, 0.4) is 0 Å². The number of benzene rings is 1. The van der Waals surface area contributed by atoms with Crippen molar-refractivity contribution in [1.82, 2.24) is 14.9 Å². The molecule has 2 aromatic heterocycles. The number of aromatic nitrogens is 2. The van der Waals surface area contributed by atoms with Crippen molar-refractivity contribution in [3.8, 4) is 11.3 Å². The minimum absolute atomic E-state index is 0.00530. The lowest BCUT2D eigenvalue weighted by Gasteiger charge is -2.30. The fourth-order valence-corrected chi connectivity index (χ4v) is 3.48. The highest BCUT2D eigenvalue weighted by atomic mass is 19.4. The first-order valence-corrected chi connectivity index (χ1v) is 9.41.